The molecule has 1 amide bonds. The second-order valence-corrected chi connectivity index (χ2v) is 7.11. The fourth-order valence-electron chi connectivity index (χ4n) is 3.80. The van der Waals surface area contributed by atoms with Gasteiger partial charge in [0.2, 0.25) is 0 Å². The van der Waals surface area contributed by atoms with E-state index >= 15 is 0 Å². The first kappa shape index (κ1) is 16.6. The summed E-state index contributed by atoms with van der Waals surface area (Å²) in [6.07, 6.45) is -0.469. The van der Waals surface area contributed by atoms with Crippen LogP contribution in [0.1, 0.15) is 66.7 Å². The molecule has 0 unspecified atom stereocenters. The van der Waals surface area contributed by atoms with Gasteiger partial charge in [-0.3, -0.25) is 9.48 Å². The van der Waals surface area contributed by atoms with E-state index in [0.29, 0.717) is 11.6 Å². The Hall–Kier alpha value is -2.24. The summed E-state index contributed by atoms with van der Waals surface area (Å²) in [6.45, 7) is 6.48. The maximum atomic E-state index is 13.1. The number of anilines is 1. The minimum absolute atomic E-state index is 0.0396. The highest BCUT2D eigenvalue weighted by molar-refractivity contribution is 6.05. The van der Waals surface area contributed by atoms with Crippen molar-refractivity contribution >= 4 is 11.6 Å². The van der Waals surface area contributed by atoms with Crippen LogP contribution in [0, 0.1) is 0 Å². The average Bonchev–Trinajstić information content (AvgIpc) is 2.98. The molecule has 0 radical (unpaired) electrons. The van der Waals surface area contributed by atoms with E-state index in [9.17, 15) is 13.6 Å². The van der Waals surface area contributed by atoms with Gasteiger partial charge in [0.15, 0.2) is 0 Å². The first-order valence-electron chi connectivity index (χ1n) is 7.97. The minimum Gasteiger partial charge on any atom is -0.322 e. The molecule has 0 bridgehead atoms. The number of aromatic nitrogens is 2. The van der Waals surface area contributed by atoms with Crippen LogP contribution in [0.15, 0.2) is 24.4 Å². The Labute approximate surface area is 139 Å². The summed E-state index contributed by atoms with van der Waals surface area (Å²) in [6, 6.07) is 5.79. The van der Waals surface area contributed by atoms with E-state index in [-0.39, 0.29) is 11.0 Å². The average molecular weight is 333 g/mol. The summed E-state index contributed by atoms with van der Waals surface area (Å²) < 4.78 is 27.4. The van der Waals surface area contributed by atoms with Gasteiger partial charge in [0, 0.05) is 18.9 Å². The largest absolute Gasteiger partial charge is 0.322 e. The van der Waals surface area contributed by atoms with E-state index in [1.807, 2.05) is 12.1 Å². The summed E-state index contributed by atoms with van der Waals surface area (Å²) in [5.74, 6) is -0.251. The lowest BCUT2D eigenvalue weighted by Gasteiger charge is -2.19. The van der Waals surface area contributed by atoms with Gasteiger partial charge in [-0.2, -0.15) is 5.10 Å². The van der Waals surface area contributed by atoms with Crippen LogP contribution in [0.2, 0.25) is 0 Å². The standard InChI is InChI=1S/C18H21F2N3O/c1-10-8-18(2,3)12-6-5-7-13(14(10)12)21-17(24)11-9-23(4)22-15(11)16(19)20/h5-7,9-10,16H,8H2,1-4H3,(H,21,24)/t10-/m1/s1. The van der Waals surface area contributed by atoms with Crippen molar-refractivity contribution in [1.29, 1.82) is 0 Å². The number of rotatable bonds is 3. The highest BCUT2D eigenvalue weighted by Gasteiger charge is 2.36. The monoisotopic (exact) mass is 333 g/mol. The first-order chi connectivity index (χ1) is 11.2. The maximum absolute atomic E-state index is 13.1. The zero-order chi connectivity index (χ0) is 17.6. The highest BCUT2D eigenvalue weighted by atomic mass is 19.3. The van der Waals surface area contributed by atoms with Gasteiger partial charge in [0.25, 0.3) is 12.3 Å². The number of alkyl halides is 2. The third-order valence-electron chi connectivity index (χ3n) is 4.70. The number of amides is 1. The number of nitrogens with zero attached hydrogens (tertiary/aromatic N) is 2. The number of halogens is 2. The molecule has 1 aromatic heterocycles. The Morgan fingerprint density at radius 1 is 1.42 bits per heavy atom. The second kappa shape index (κ2) is 5.69. The molecule has 0 saturated carbocycles. The van der Waals surface area contributed by atoms with Gasteiger partial charge in [-0.05, 0) is 34.9 Å². The van der Waals surface area contributed by atoms with Crippen LogP contribution in [0.3, 0.4) is 0 Å². The van der Waals surface area contributed by atoms with Crippen molar-refractivity contribution in [3.63, 3.8) is 0 Å². The maximum Gasteiger partial charge on any atom is 0.282 e. The third-order valence-corrected chi connectivity index (χ3v) is 4.70. The van der Waals surface area contributed by atoms with Gasteiger partial charge in [-0.15, -0.1) is 0 Å². The topological polar surface area (TPSA) is 46.9 Å². The molecule has 1 atom stereocenters. The molecule has 24 heavy (non-hydrogen) atoms. The van der Waals surface area contributed by atoms with E-state index in [2.05, 4.69) is 37.3 Å². The smallest absolute Gasteiger partial charge is 0.282 e. The normalized spacial score (nSPS) is 18.7. The van der Waals surface area contributed by atoms with Crippen LogP contribution in [-0.2, 0) is 12.5 Å². The fourth-order valence-corrected chi connectivity index (χ4v) is 3.80. The Kier molecular flexibility index (Phi) is 3.94. The molecule has 3 rings (SSSR count). The third kappa shape index (κ3) is 2.70. The van der Waals surface area contributed by atoms with Crippen molar-refractivity contribution in [3.8, 4) is 0 Å². The molecule has 4 nitrogen and oxygen atoms in total. The van der Waals surface area contributed by atoms with Gasteiger partial charge >= 0.3 is 0 Å². The Morgan fingerprint density at radius 2 is 2.12 bits per heavy atom. The molecular weight excluding hydrogens is 312 g/mol. The fraction of sp³-hybridized carbons (Fsp3) is 0.444. The van der Waals surface area contributed by atoms with Crippen molar-refractivity contribution in [1.82, 2.24) is 9.78 Å². The Balaban J connectivity index is 1.96. The lowest BCUT2D eigenvalue weighted by molar-refractivity contribution is 0.101. The first-order valence-corrected chi connectivity index (χ1v) is 7.97. The van der Waals surface area contributed by atoms with Crippen LogP contribution < -0.4 is 5.32 Å². The molecule has 1 N–H and O–H groups in total. The van der Waals surface area contributed by atoms with Gasteiger partial charge in [-0.25, -0.2) is 8.78 Å². The summed E-state index contributed by atoms with van der Waals surface area (Å²) in [5, 5.41) is 6.50. The molecule has 128 valence electrons. The van der Waals surface area contributed by atoms with E-state index in [1.54, 1.807) is 0 Å². The molecule has 1 aromatic carbocycles. The van der Waals surface area contributed by atoms with Crippen molar-refractivity contribution in [2.24, 2.45) is 7.05 Å². The lowest BCUT2D eigenvalue weighted by Crippen LogP contribution is -2.16. The SMILES string of the molecule is C[C@@H]1CC(C)(C)c2cccc(NC(=O)c3cn(C)nc3C(F)F)c21. The molecule has 1 aliphatic carbocycles. The predicted octanol–water partition coefficient (Wildman–Crippen LogP) is 4.39. The van der Waals surface area contributed by atoms with Crippen LogP contribution in [0.5, 0.6) is 0 Å². The van der Waals surface area contributed by atoms with Gasteiger partial charge in [-0.1, -0.05) is 32.9 Å². The number of hydrogen-bond donors (Lipinski definition) is 1. The minimum atomic E-state index is -2.79. The Bertz CT molecular complexity index is 796. The number of hydrogen-bond acceptors (Lipinski definition) is 2. The van der Waals surface area contributed by atoms with E-state index < -0.39 is 18.0 Å². The number of benzene rings is 1. The van der Waals surface area contributed by atoms with Crippen molar-refractivity contribution in [2.45, 2.75) is 45.0 Å². The molecule has 2 aromatic rings. The molecule has 6 heteroatoms. The molecule has 0 saturated heterocycles. The molecule has 0 spiro atoms. The molecule has 1 heterocycles. The summed E-state index contributed by atoms with van der Waals surface area (Å²) in [7, 11) is 1.52. The number of carbonyl (C=O) groups is 1. The highest BCUT2D eigenvalue weighted by Crippen LogP contribution is 2.48. The van der Waals surface area contributed by atoms with Crippen molar-refractivity contribution in [2.75, 3.05) is 5.32 Å². The molecule has 0 aliphatic heterocycles. The number of carbonyl (C=O) groups excluding carboxylic acids is 1. The summed E-state index contributed by atoms with van der Waals surface area (Å²) in [5.41, 5.74) is 2.45. The van der Waals surface area contributed by atoms with E-state index in [4.69, 9.17) is 0 Å². The zero-order valence-electron chi connectivity index (χ0n) is 14.2. The number of fused-ring (bicyclic) bond motifs is 1. The number of aryl methyl sites for hydroxylation is 1. The Morgan fingerprint density at radius 3 is 2.79 bits per heavy atom. The van der Waals surface area contributed by atoms with Crippen LogP contribution >= 0.6 is 0 Å². The van der Waals surface area contributed by atoms with Crippen molar-refractivity contribution in [3.05, 3.63) is 46.8 Å². The summed E-state index contributed by atoms with van der Waals surface area (Å²) >= 11 is 0. The van der Waals surface area contributed by atoms with E-state index in [1.165, 1.54) is 23.5 Å². The van der Waals surface area contributed by atoms with Crippen LogP contribution in [0.4, 0.5) is 14.5 Å². The summed E-state index contributed by atoms with van der Waals surface area (Å²) in [4.78, 5) is 12.5. The van der Waals surface area contributed by atoms with Gasteiger partial charge in [0.05, 0.1) is 5.56 Å². The molecule has 0 fully saturated rings. The van der Waals surface area contributed by atoms with Gasteiger partial charge in [0.1, 0.15) is 5.69 Å². The predicted molar refractivity (Wildman–Crippen MR) is 88.6 cm³/mol. The van der Waals surface area contributed by atoms with Crippen molar-refractivity contribution < 1.29 is 13.6 Å². The van der Waals surface area contributed by atoms with E-state index in [0.717, 1.165) is 12.0 Å². The second-order valence-electron chi connectivity index (χ2n) is 7.11. The molecular formula is C18H21F2N3O. The molecule has 1 aliphatic rings. The lowest BCUT2D eigenvalue weighted by atomic mass is 9.86. The zero-order valence-corrected chi connectivity index (χ0v) is 14.2. The van der Waals surface area contributed by atoms with Crippen LogP contribution in [-0.4, -0.2) is 15.7 Å². The van der Waals surface area contributed by atoms with Gasteiger partial charge < -0.3 is 5.32 Å². The quantitative estimate of drug-likeness (QED) is 0.905. The van der Waals surface area contributed by atoms with Crippen LogP contribution in [0.25, 0.3) is 0 Å². The number of nitrogens with one attached hydrogen (secondary N) is 1.